The number of hydrogen-bond acceptors (Lipinski definition) is 4. The van der Waals surface area contributed by atoms with Gasteiger partial charge >= 0.3 is 5.97 Å². The lowest BCUT2D eigenvalue weighted by Crippen LogP contribution is -2.21. The Morgan fingerprint density at radius 2 is 1.86 bits per heavy atom. The molecule has 0 aliphatic carbocycles. The van der Waals surface area contributed by atoms with Gasteiger partial charge in [-0.25, -0.2) is 9.78 Å². The second-order valence-electron chi connectivity index (χ2n) is 4.00. The fraction of sp³-hybridized carbons (Fsp3) is 0.0714. The van der Waals surface area contributed by atoms with Crippen LogP contribution in [-0.4, -0.2) is 23.5 Å². The number of nitrogens with zero attached hydrogens (tertiary/aromatic N) is 1. The van der Waals surface area contributed by atoms with Crippen molar-refractivity contribution in [2.24, 2.45) is 0 Å². The first-order valence-electron chi connectivity index (χ1n) is 5.89. The summed E-state index contributed by atoms with van der Waals surface area (Å²) in [6.07, 6.45) is 1.46. The van der Waals surface area contributed by atoms with Crippen LogP contribution in [0.25, 0.3) is 0 Å². The number of esters is 1. The highest BCUT2D eigenvalue weighted by Gasteiger charge is 2.11. The molecule has 1 amide bonds. The maximum absolute atomic E-state index is 11.7. The first kappa shape index (κ1) is 15.3. The molecule has 0 fully saturated rings. The highest BCUT2D eigenvalue weighted by molar-refractivity contribution is 6.35. The zero-order chi connectivity index (χ0) is 15.2. The van der Waals surface area contributed by atoms with Crippen LogP contribution in [0.4, 0.5) is 5.69 Å². The molecule has 5 nitrogen and oxygen atoms in total. The van der Waals surface area contributed by atoms with Crippen molar-refractivity contribution in [1.29, 1.82) is 0 Å². The molecular weight excluding hydrogens is 315 g/mol. The van der Waals surface area contributed by atoms with Crippen molar-refractivity contribution < 1.29 is 14.3 Å². The molecule has 21 heavy (non-hydrogen) atoms. The number of aromatic nitrogens is 1. The molecular formula is C14H10Cl2N2O3. The lowest BCUT2D eigenvalue weighted by Gasteiger charge is -2.07. The van der Waals surface area contributed by atoms with Crippen LogP contribution in [-0.2, 0) is 9.53 Å². The Labute approximate surface area is 130 Å². The van der Waals surface area contributed by atoms with Crippen LogP contribution >= 0.6 is 23.2 Å². The molecule has 1 N–H and O–H groups in total. The van der Waals surface area contributed by atoms with Crippen LogP contribution in [0.15, 0.2) is 42.6 Å². The van der Waals surface area contributed by atoms with E-state index in [0.717, 1.165) is 0 Å². The number of ether oxygens (including phenoxy) is 1. The van der Waals surface area contributed by atoms with Gasteiger partial charge in [0, 0.05) is 21.9 Å². The molecule has 0 bridgehead atoms. The molecule has 1 aromatic carbocycles. The summed E-state index contributed by atoms with van der Waals surface area (Å²) in [5.41, 5.74) is 0.558. The molecule has 7 heteroatoms. The van der Waals surface area contributed by atoms with Gasteiger partial charge in [-0.2, -0.15) is 0 Å². The van der Waals surface area contributed by atoms with Crippen LogP contribution in [0.5, 0.6) is 0 Å². The van der Waals surface area contributed by atoms with Gasteiger partial charge in [-0.1, -0.05) is 29.3 Å². The molecule has 2 aromatic rings. The number of hydrogen-bond donors (Lipinski definition) is 1. The number of carbonyl (C=O) groups is 2. The summed E-state index contributed by atoms with van der Waals surface area (Å²) in [4.78, 5) is 27.1. The molecule has 0 radical (unpaired) electrons. The lowest BCUT2D eigenvalue weighted by molar-refractivity contribution is -0.119. The van der Waals surface area contributed by atoms with Crippen molar-refractivity contribution in [2.45, 2.75) is 0 Å². The van der Waals surface area contributed by atoms with Crippen LogP contribution in [0.1, 0.15) is 10.5 Å². The van der Waals surface area contributed by atoms with Gasteiger partial charge in [-0.15, -0.1) is 0 Å². The standard InChI is InChI=1S/C14H10Cl2N2O3/c15-9-5-10(16)7-11(6-9)18-13(19)8-21-14(20)12-3-1-2-4-17-12/h1-7H,8H2,(H,18,19). The quantitative estimate of drug-likeness (QED) is 0.877. The van der Waals surface area contributed by atoms with E-state index in [2.05, 4.69) is 10.3 Å². The third-order valence-corrected chi connectivity index (χ3v) is 2.79. The van der Waals surface area contributed by atoms with E-state index in [1.165, 1.54) is 24.4 Å². The van der Waals surface area contributed by atoms with Gasteiger partial charge in [0.25, 0.3) is 5.91 Å². The first-order chi connectivity index (χ1) is 10.0. The SMILES string of the molecule is O=C(COC(=O)c1ccccn1)Nc1cc(Cl)cc(Cl)c1. The molecule has 0 saturated carbocycles. The number of pyridine rings is 1. The fourth-order valence-corrected chi connectivity index (χ4v) is 2.04. The van der Waals surface area contributed by atoms with Crippen molar-refractivity contribution >= 4 is 40.8 Å². The molecule has 0 atom stereocenters. The van der Waals surface area contributed by atoms with E-state index < -0.39 is 18.5 Å². The summed E-state index contributed by atoms with van der Waals surface area (Å²) in [6, 6.07) is 9.43. The van der Waals surface area contributed by atoms with Crippen LogP contribution in [0.2, 0.25) is 10.0 Å². The third kappa shape index (κ3) is 4.73. The number of carbonyl (C=O) groups excluding carboxylic acids is 2. The first-order valence-corrected chi connectivity index (χ1v) is 6.64. The largest absolute Gasteiger partial charge is 0.451 e. The number of amides is 1. The van der Waals surface area contributed by atoms with Gasteiger partial charge in [0.05, 0.1) is 0 Å². The minimum atomic E-state index is -0.671. The Balaban J connectivity index is 1.89. The van der Waals surface area contributed by atoms with Crippen LogP contribution < -0.4 is 5.32 Å². The number of rotatable bonds is 4. The fourth-order valence-electron chi connectivity index (χ4n) is 1.51. The zero-order valence-electron chi connectivity index (χ0n) is 10.7. The van der Waals surface area contributed by atoms with Gasteiger partial charge < -0.3 is 10.1 Å². The molecule has 0 unspecified atom stereocenters. The van der Waals surface area contributed by atoms with Gasteiger partial charge in [0.1, 0.15) is 5.69 Å². The predicted molar refractivity (Wildman–Crippen MR) is 79.6 cm³/mol. The number of benzene rings is 1. The average molecular weight is 325 g/mol. The summed E-state index contributed by atoms with van der Waals surface area (Å²) in [7, 11) is 0. The zero-order valence-corrected chi connectivity index (χ0v) is 12.2. The van der Waals surface area contributed by atoms with Crippen LogP contribution in [0, 0.1) is 0 Å². The Morgan fingerprint density at radius 1 is 1.14 bits per heavy atom. The second-order valence-corrected chi connectivity index (χ2v) is 4.87. The van der Waals surface area contributed by atoms with E-state index in [4.69, 9.17) is 27.9 Å². The summed E-state index contributed by atoms with van der Waals surface area (Å²) >= 11 is 11.6. The Hall–Kier alpha value is -2.11. The topological polar surface area (TPSA) is 68.3 Å². The van der Waals surface area contributed by atoms with Gasteiger partial charge in [0.2, 0.25) is 0 Å². The summed E-state index contributed by atoms with van der Waals surface area (Å²) < 4.78 is 4.84. The van der Waals surface area contributed by atoms with Gasteiger partial charge in [0.15, 0.2) is 6.61 Å². The van der Waals surface area contributed by atoms with Crippen molar-refractivity contribution in [1.82, 2.24) is 4.98 Å². The van der Waals surface area contributed by atoms with Crippen molar-refractivity contribution in [2.75, 3.05) is 11.9 Å². The Bertz CT molecular complexity index is 642. The van der Waals surface area contributed by atoms with E-state index in [9.17, 15) is 9.59 Å². The van der Waals surface area contributed by atoms with Crippen molar-refractivity contribution in [3.05, 3.63) is 58.3 Å². The predicted octanol–water partition coefficient (Wildman–Crippen LogP) is 3.18. The maximum atomic E-state index is 11.7. The summed E-state index contributed by atoms with van der Waals surface area (Å²) in [5.74, 6) is -1.17. The van der Waals surface area contributed by atoms with Gasteiger partial charge in [-0.05, 0) is 30.3 Å². The monoisotopic (exact) mass is 324 g/mol. The van der Waals surface area contributed by atoms with Crippen LogP contribution in [0.3, 0.4) is 0 Å². The van der Waals surface area contributed by atoms with E-state index in [-0.39, 0.29) is 5.69 Å². The molecule has 2 rings (SSSR count). The normalized spacial score (nSPS) is 10.0. The van der Waals surface area contributed by atoms with Crippen molar-refractivity contribution in [3.8, 4) is 0 Å². The Morgan fingerprint density at radius 3 is 2.48 bits per heavy atom. The van der Waals surface area contributed by atoms with Crippen molar-refractivity contribution in [3.63, 3.8) is 0 Å². The molecule has 0 aliphatic rings. The highest BCUT2D eigenvalue weighted by Crippen LogP contribution is 2.22. The minimum Gasteiger partial charge on any atom is -0.451 e. The molecule has 108 valence electrons. The summed E-state index contributed by atoms with van der Waals surface area (Å²) in [5, 5.41) is 3.31. The van der Waals surface area contributed by atoms with E-state index in [1.54, 1.807) is 18.2 Å². The van der Waals surface area contributed by atoms with E-state index >= 15 is 0 Å². The molecule has 1 aromatic heterocycles. The average Bonchev–Trinajstić information content (AvgIpc) is 2.44. The number of anilines is 1. The summed E-state index contributed by atoms with van der Waals surface area (Å²) in [6.45, 7) is -0.431. The van der Waals surface area contributed by atoms with E-state index in [1.807, 2.05) is 0 Å². The number of halogens is 2. The van der Waals surface area contributed by atoms with Gasteiger partial charge in [-0.3, -0.25) is 4.79 Å². The second kappa shape index (κ2) is 7.06. The smallest absolute Gasteiger partial charge is 0.357 e. The lowest BCUT2D eigenvalue weighted by atomic mass is 10.3. The Kier molecular flexibility index (Phi) is 5.14. The third-order valence-electron chi connectivity index (χ3n) is 2.35. The highest BCUT2D eigenvalue weighted by atomic mass is 35.5. The molecule has 1 heterocycles. The maximum Gasteiger partial charge on any atom is 0.357 e. The molecule has 0 spiro atoms. The minimum absolute atomic E-state index is 0.135. The molecule has 0 saturated heterocycles. The van der Waals surface area contributed by atoms with E-state index in [0.29, 0.717) is 15.7 Å². The molecule has 0 aliphatic heterocycles. The number of nitrogens with one attached hydrogen (secondary N) is 1.